The van der Waals surface area contributed by atoms with Crippen LogP contribution in [0.15, 0.2) is 33.7 Å². The molecule has 2 aromatic rings. The van der Waals surface area contributed by atoms with Crippen molar-refractivity contribution < 1.29 is 4.39 Å². The molecule has 1 aromatic carbocycles. The van der Waals surface area contributed by atoms with Crippen LogP contribution < -0.4 is 10.9 Å². The van der Waals surface area contributed by atoms with Gasteiger partial charge in [0.15, 0.2) is 0 Å². The number of likely N-dealkylation sites (tertiary alicyclic amines) is 1. The molecule has 1 fully saturated rings. The van der Waals surface area contributed by atoms with E-state index in [-0.39, 0.29) is 17.4 Å². The van der Waals surface area contributed by atoms with Crippen LogP contribution in [0.3, 0.4) is 0 Å². The van der Waals surface area contributed by atoms with Crippen molar-refractivity contribution >= 4 is 33.2 Å². The van der Waals surface area contributed by atoms with Crippen molar-refractivity contribution in [2.45, 2.75) is 25.4 Å². The van der Waals surface area contributed by atoms with Gasteiger partial charge in [-0.05, 0) is 53.0 Å². The van der Waals surface area contributed by atoms with Crippen molar-refractivity contribution in [1.29, 1.82) is 0 Å². The fourth-order valence-corrected chi connectivity index (χ4v) is 3.74. The zero-order chi connectivity index (χ0) is 18.0. The van der Waals surface area contributed by atoms with E-state index in [1.54, 1.807) is 19.3 Å². The molecule has 1 N–H and O–H groups in total. The molecule has 0 spiro atoms. The van der Waals surface area contributed by atoms with E-state index in [2.05, 4.69) is 31.2 Å². The molecule has 1 saturated heterocycles. The Morgan fingerprint density at radius 3 is 3.04 bits per heavy atom. The van der Waals surface area contributed by atoms with Crippen molar-refractivity contribution in [2.75, 3.05) is 18.4 Å². The van der Waals surface area contributed by atoms with Crippen LogP contribution in [-0.4, -0.2) is 33.8 Å². The monoisotopic (exact) mass is 428 g/mol. The summed E-state index contributed by atoms with van der Waals surface area (Å²) in [4.78, 5) is 14.2. The van der Waals surface area contributed by atoms with E-state index < -0.39 is 0 Å². The molecule has 1 aliphatic heterocycles. The summed E-state index contributed by atoms with van der Waals surface area (Å²) in [5.74, 6) is -0.324. The molecule has 1 atom stereocenters. The Labute approximate surface area is 158 Å². The van der Waals surface area contributed by atoms with Gasteiger partial charge in [0.05, 0.1) is 11.9 Å². The minimum atomic E-state index is -0.324. The molecule has 1 aliphatic rings. The molecule has 2 heterocycles. The highest BCUT2D eigenvalue weighted by Gasteiger charge is 2.22. The van der Waals surface area contributed by atoms with Gasteiger partial charge < -0.3 is 5.32 Å². The van der Waals surface area contributed by atoms with Gasteiger partial charge in [0, 0.05) is 31.2 Å². The number of nitrogens with zero attached hydrogens (tertiary/aromatic N) is 3. The third-order valence-corrected chi connectivity index (χ3v) is 5.47. The Hall–Kier alpha value is -1.44. The molecule has 0 amide bonds. The van der Waals surface area contributed by atoms with Crippen LogP contribution in [0, 0.1) is 5.82 Å². The summed E-state index contributed by atoms with van der Waals surface area (Å²) in [5, 5.41) is 7.91. The smallest absolute Gasteiger partial charge is 0.282 e. The average molecular weight is 430 g/mol. The lowest BCUT2D eigenvalue weighted by Crippen LogP contribution is -2.42. The Morgan fingerprint density at radius 1 is 1.48 bits per heavy atom. The van der Waals surface area contributed by atoms with E-state index in [1.807, 2.05) is 0 Å². The first kappa shape index (κ1) is 18.4. The highest BCUT2D eigenvalue weighted by Crippen LogP contribution is 2.23. The lowest BCUT2D eigenvalue weighted by molar-refractivity contribution is 0.208. The topological polar surface area (TPSA) is 50.2 Å². The second kappa shape index (κ2) is 7.85. The zero-order valence-corrected chi connectivity index (χ0v) is 16.1. The molecule has 8 heteroatoms. The van der Waals surface area contributed by atoms with Gasteiger partial charge in [-0.1, -0.05) is 17.7 Å². The van der Waals surface area contributed by atoms with Gasteiger partial charge in [0.25, 0.3) is 5.56 Å². The maximum Gasteiger partial charge on any atom is 0.282 e. The molecule has 0 saturated carbocycles. The van der Waals surface area contributed by atoms with Crippen molar-refractivity contribution in [3.63, 3.8) is 0 Å². The summed E-state index contributed by atoms with van der Waals surface area (Å²) in [5.41, 5.74) is 1.45. The predicted molar refractivity (Wildman–Crippen MR) is 101 cm³/mol. The van der Waals surface area contributed by atoms with E-state index in [0.717, 1.165) is 31.5 Å². The Kier molecular flexibility index (Phi) is 5.76. The number of nitrogens with one attached hydrogen (secondary N) is 1. The second-order valence-electron chi connectivity index (χ2n) is 6.26. The first-order chi connectivity index (χ1) is 11.9. The van der Waals surface area contributed by atoms with Gasteiger partial charge in [0.1, 0.15) is 10.3 Å². The SMILES string of the molecule is Cn1ncc(NC2CCCN(Cc3ccc(F)cc3Cl)C2)c(Br)c1=O. The van der Waals surface area contributed by atoms with Gasteiger partial charge in [-0.2, -0.15) is 5.10 Å². The number of benzene rings is 1. The Balaban J connectivity index is 1.67. The maximum atomic E-state index is 13.2. The minimum Gasteiger partial charge on any atom is -0.379 e. The summed E-state index contributed by atoms with van der Waals surface area (Å²) >= 11 is 9.47. The van der Waals surface area contributed by atoms with E-state index in [4.69, 9.17) is 11.6 Å². The first-order valence-electron chi connectivity index (χ1n) is 8.08. The lowest BCUT2D eigenvalue weighted by atomic mass is 10.0. The quantitative estimate of drug-likeness (QED) is 0.809. The van der Waals surface area contributed by atoms with Gasteiger partial charge in [0.2, 0.25) is 0 Å². The molecule has 0 radical (unpaired) electrons. The number of hydrogen-bond donors (Lipinski definition) is 1. The molecular formula is C17H19BrClFN4O. The predicted octanol–water partition coefficient (Wildman–Crippen LogP) is 3.41. The highest BCUT2D eigenvalue weighted by molar-refractivity contribution is 9.10. The van der Waals surface area contributed by atoms with E-state index in [9.17, 15) is 9.18 Å². The van der Waals surface area contributed by atoms with Gasteiger partial charge >= 0.3 is 0 Å². The van der Waals surface area contributed by atoms with Gasteiger partial charge in [-0.3, -0.25) is 9.69 Å². The maximum absolute atomic E-state index is 13.2. The van der Waals surface area contributed by atoms with Gasteiger partial charge in [-0.15, -0.1) is 0 Å². The van der Waals surface area contributed by atoms with Crippen LogP contribution in [0.2, 0.25) is 5.02 Å². The van der Waals surface area contributed by atoms with Crippen LogP contribution in [0.1, 0.15) is 18.4 Å². The molecule has 1 aromatic heterocycles. The average Bonchev–Trinajstić information content (AvgIpc) is 2.58. The lowest BCUT2D eigenvalue weighted by Gasteiger charge is -2.34. The van der Waals surface area contributed by atoms with Crippen molar-refractivity contribution in [2.24, 2.45) is 7.05 Å². The summed E-state index contributed by atoms with van der Waals surface area (Å²) in [7, 11) is 1.62. The van der Waals surface area contributed by atoms with E-state index >= 15 is 0 Å². The van der Waals surface area contributed by atoms with Crippen LogP contribution in [0.5, 0.6) is 0 Å². The van der Waals surface area contributed by atoms with Crippen LogP contribution in [-0.2, 0) is 13.6 Å². The third-order valence-electron chi connectivity index (χ3n) is 4.35. The number of piperidine rings is 1. The summed E-state index contributed by atoms with van der Waals surface area (Å²) in [6.07, 6.45) is 3.70. The van der Waals surface area contributed by atoms with Crippen molar-refractivity contribution in [3.05, 3.63) is 55.6 Å². The molecule has 0 aliphatic carbocycles. The first-order valence-corrected chi connectivity index (χ1v) is 9.26. The number of aryl methyl sites for hydroxylation is 1. The summed E-state index contributed by atoms with van der Waals surface area (Å²) < 4.78 is 15.0. The fraction of sp³-hybridized carbons (Fsp3) is 0.412. The molecule has 0 bridgehead atoms. The molecule has 3 rings (SSSR count). The fourth-order valence-electron chi connectivity index (χ4n) is 3.04. The zero-order valence-electron chi connectivity index (χ0n) is 13.8. The number of aromatic nitrogens is 2. The van der Waals surface area contributed by atoms with Crippen molar-refractivity contribution in [3.8, 4) is 0 Å². The highest BCUT2D eigenvalue weighted by atomic mass is 79.9. The molecular weight excluding hydrogens is 411 g/mol. The normalized spacial score (nSPS) is 18.3. The largest absolute Gasteiger partial charge is 0.379 e. The molecule has 134 valence electrons. The minimum absolute atomic E-state index is 0.171. The van der Waals surface area contributed by atoms with Crippen LogP contribution in [0.4, 0.5) is 10.1 Å². The third kappa shape index (κ3) is 4.40. The molecule has 25 heavy (non-hydrogen) atoms. The summed E-state index contributed by atoms with van der Waals surface area (Å²) in [6.45, 7) is 2.45. The number of halogens is 3. The van der Waals surface area contributed by atoms with Gasteiger partial charge in [-0.25, -0.2) is 9.07 Å². The second-order valence-corrected chi connectivity index (χ2v) is 7.46. The number of hydrogen-bond acceptors (Lipinski definition) is 4. The van der Waals surface area contributed by atoms with E-state index in [0.29, 0.717) is 21.7 Å². The summed E-state index contributed by atoms with van der Waals surface area (Å²) in [6, 6.07) is 4.72. The van der Waals surface area contributed by atoms with Crippen molar-refractivity contribution in [1.82, 2.24) is 14.7 Å². The van der Waals surface area contributed by atoms with Crippen LogP contribution >= 0.6 is 27.5 Å². The van der Waals surface area contributed by atoms with Crippen LogP contribution in [0.25, 0.3) is 0 Å². The molecule has 5 nitrogen and oxygen atoms in total. The Bertz CT molecular complexity index is 829. The van der Waals surface area contributed by atoms with E-state index in [1.165, 1.54) is 16.8 Å². The number of anilines is 1. The Morgan fingerprint density at radius 2 is 2.28 bits per heavy atom. The number of rotatable bonds is 4. The standard InChI is InChI=1S/C17H19BrClFN4O/c1-23-17(25)16(18)15(8-21-23)22-13-3-2-6-24(10-13)9-11-4-5-12(20)7-14(11)19/h4-5,7-8,13,22H,2-3,6,9-10H2,1H3. The molecule has 1 unspecified atom stereocenters.